The first-order valence-corrected chi connectivity index (χ1v) is 9.64. The molecule has 0 N–H and O–H groups in total. The van der Waals surface area contributed by atoms with E-state index >= 15 is 0 Å². The van der Waals surface area contributed by atoms with Crippen LogP contribution in [0.5, 0.6) is 0 Å². The Morgan fingerprint density at radius 2 is 1.69 bits per heavy atom. The molecule has 2 heterocycles. The molecule has 26 heavy (non-hydrogen) atoms. The van der Waals surface area contributed by atoms with Crippen molar-refractivity contribution in [2.45, 2.75) is 13.1 Å². The summed E-state index contributed by atoms with van der Waals surface area (Å²) in [6, 6.07) is 14.2. The van der Waals surface area contributed by atoms with Crippen LogP contribution in [0.4, 0.5) is 5.69 Å². The van der Waals surface area contributed by atoms with Crippen LogP contribution in [0.25, 0.3) is 6.08 Å². The molecule has 0 fully saturated rings. The Balaban J connectivity index is 1.75. The number of benzene rings is 1. The van der Waals surface area contributed by atoms with E-state index in [4.69, 9.17) is 0 Å². The van der Waals surface area contributed by atoms with Gasteiger partial charge in [-0.05, 0) is 34.5 Å². The van der Waals surface area contributed by atoms with Crippen LogP contribution in [-0.2, 0) is 17.9 Å². The fraction of sp³-hybridized carbons (Fsp3) is 0.105. The van der Waals surface area contributed by atoms with Crippen molar-refractivity contribution in [1.82, 2.24) is 4.90 Å². The van der Waals surface area contributed by atoms with Gasteiger partial charge >= 0.3 is 0 Å². The minimum atomic E-state index is -0.445. The number of hydrogen-bond acceptors (Lipinski definition) is 5. The monoisotopic (exact) mass is 384 g/mol. The average molecular weight is 384 g/mol. The molecule has 0 spiro atoms. The number of hydrogen-bond donors (Lipinski definition) is 0. The molecule has 0 bridgehead atoms. The molecule has 1 amide bonds. The third-order valence-corrected chi connectivity index (χ3v) is 5.39. The smallest absolute Gasteiger partial charge is 0.270 e. The number of thiophene rings is 2. The Morgan fingerprint density at radius 3 is 2.23 bits per heavy atom. The van der Waals surface area contributed by atoms with Crippen LogP contribution >= 0.6 is 22.7 Å². The Labute approximate surface area is 159 Å². The van der Waals surface area contributed by atoms with Crippen LogP contribution in [0.1, 0.15) is 15.3 Å². The predicted octanol–water partition coefficient (Wildman–Crippen LogP) is 4.96. The van der Waals surface area contributed by atoms with E-state index in [-0.39, 0.29) is 11.6 Å². The number of carbonyl (C=O) groups is 1. The van der Waals surface area contributed by atoms with Gasteiger partial charge < -0.3 is 4.90 Å². The van der Waals surface area contributed by atoms with E-state index in [2.05, 4.69) is 0 Å². The molecule has 0 aliphatic carbocycles. The van der Waals surface area contributed by atoms with Gasteiger partial charge in [0.1, 0.15) is 0 Å². The highest BCUT2D eigenvalue weighted by molar-refractivity contribution is 7.10. The molecule has 3 rings (SSSR count). The number of nitrogens with zero attached hydrogens (tertiary/aromatic N) is 2. The highest BCUT2D eigenvalue weighted by atomic mass is 32.1. The quantitative estimate of drug-likeness (QED) is 0.328. The highest BCUT2D eigenvalue weighted by Crippen LogP contribution is 2.18. The van der Waals surface area contributed by atoms with Crippen LogP contribution in [0.15, 0.2) is 65.4 Å². The number of nitro benzene ring substituents is 1. The minimum absolute atomic E-state index is 0.00799. The first kappa shape index (κ1) is 18.0. The third kappa shape index (κ3) is 4.87. The van der Waals surface area contributed by atoms with Crippen LogP contribution in [-0.4, -0.2) is 15.7 Å². The zero-order valence-corrected chi connectivity index (χ0v) is 15.4. The Kier molecular flexibility index (Phi) is 5.93. The van der Waals surface area contributed by atoms with E-state index in [9.17, 15) is 14.9 Å². The molecular weight excluding hydrogens is 368 g/mol. The van der Waals surface area contributed by atoms with Crippen molar-refractivity contribution in [3.63, 3.8) is 0 Å². The maximum absolute atomic E-state index is 12.7. The van der Waals surface area contributed by atoms with Crippen LogP contribution in [0.3, 0.4) is 0 Å². The summed E-state index contributed by atoms with van der Waals surface area (Å²) >= 11 is 3.22. The average Bonchev–Trinajstić information content (AvgIpc) is 3.33. The Bertz CT molecular complexity index is 867. The molecule has 0 aliphatic rings. The number of amides is 1. The van der Waals surface area contributed by atoms with Gasteiger partial charge in [-0.25, -0.2) is 0 Å². The molecule has 0 radical (unpaired) electrons. The fourth-order valence-electron chi connectivity index (χ4n) is 2.41. The lowest BCUT2D eigenvalue weighted by atomic mass is 10.2. The van der Waals surface area contributed by atoms with E-state index in [0.29, 0.717) is 18.7 Å². The van der Waals surface area contributed by atoms with E-state index in [1.54, 1.807) is 45.8 Å². The van der Waals surface area contributed by atoms with Crippen LogP contribution < -0.4 is 0 Å². The summed E-state index contributed by atoms with van der Waals surface area (Å²) in [5.74, 6) is -0.127. The second kappa shape index (κ2) is 8.55. The molecule has 0 saturated heterocycles. The van der Waals surface area contributed by atoms with Gasteiger partial charge in [0, 0.05) is 28.0 Å². The van der Waals surface area contributed by atoms with Crippen LogP contribution in [0.2, 0.25) is 0 Å². The molecule has 132 valence electrons. The minimum Gasteiger partial charge on any atom is -0.329 e. The summed E-state index contributed by atoms with van der Waals surface area (Å²) in [4.78, 5) is 27.1. The van der Waals surface area contributed by atoms with Crippen molar-refractivity contribution in [1.29, 1.82) is 0 Å². The first-order valence-electron chi connectivity index (χ1n) is 7.88. The largest absolute Gasteiger partial charge is 0.329 e. The summed E-state index contributed by atoms with van der Waals surface area (Å²) in [5.41, 5.74) is 0.633. The van der Waals surface area contributed by atoms with Crippen molar-refractivity contribution >= 4 is 40.3 Å². The maximum atomic E-state index is 12.7. The zero-order valence-electron chi connectivity index (χ0n) is 13.8. The van der Waals surface area contributed by atoms with E-state index in [1.165, 1.54) is 18.2 Å². The van der Waals surface area contributed by atoms with Gasteiger partial charge in [-0.1, -0.05) is 24.3 Å². The maximum Gasteiger partial charge on any atom is 0.270 e. The molecule has 0 atom stereocenters. The zero-order chi connectivity index (χ0) is 18.4. The predicted molar refractivity (Wildman–Crippen MR) is 105 cm³/mol. The molecule has 5 nitrogen and oxygen atoms in total. The lowest BCUT2D eigenvalue weighted by Gasteiger charge is -2.19. The lowest BCUT2D eigenvalue weighted by molar-refractivity contribution is -0.384. The lowest BCUT2D eigenvalue weighted by Crippen LogP contribution is -2.27. The number of non-ortho nitro benzene ring substituents is 1. The van der Waals surface area contributed by atoms with E-state index in [1.807, 2.05) is 35.0 Å². The fourth-order valence-corrected chi connectivity index (χ4v) is 3.85. The van der Waals surface area contributed by atoms with Gasteiger partial charge in [0.15, 0.2) is 0 Å². The van der Waals surface area contributed by atoms with Gasteiger partial charge in [-0.15, -0.1) is 22.7 Å². The van der Waals surface area contributed by atoms with Gasteiger partial charge in [0.05, 0.1) is 18.0 Å². The van der Waals surface area contributed by atoms with Gasteiger partial charge in [0.2, 0.25) is 5.91 Å². The molecule has 1 aromatic carbocycles. The Morgan fingerprint density at radius 1 is 1.04 bits per heavy atom. The molecule has 0 aliphatic heterocycles. The van der Waals surface area contributed by atoms with Crippen molar-refractivity contribution in [2.75, 3.05) is 0 Å². The molecule has 0 saturated carbocycles. The SMILES string of the molecule is O=C(/C=C/c1cccc([N+](=O)[O-])c1)N(Cc1cccs1)Cc1cccs1. The summed E-state index contributed by atoms with van der Waals surface area (Å²) in [7, 11) is 0. The summed E-state index contributed by atoms with van der Waals surface area (Å²) in [6.45, 7) is 1.07. The molecule has 7 heteroatoms. The van der Waals surface area contributed by atoms with Gasteiger partial charge in [0.25, 0.3) is 5.69 Å². The van der Waals surface area contributed by atoms with Gasteiger partial charge in [-0.2, -0.15) is 0 Å². The number of rotatable bonds is 7. The summed E-state index contributed by atoms with van der Waals surface area (Å²) in [6.07, 6.45) is 3.09. The molecule has 3 aromatic rings. The second-order valence-corrected chi connectivity index (χ2v) is 7.60. The first-order chi connectivity index (χ1) is 12.6. The number of nitro groups is 1. The van der Waals surface area contributed by atoms with Crippen molar-refractivity contribution in [2.24, 2.45) is 0 Å². The van der Waals surface area contributed by atoms with E-state index < -0.39 is 4.92 Å². The second-order valence-electron chi connectivity index (χ2n) is 5.54. The van der Waals surface area contributed by atoms with Crippen molar-refractivity contribution in [3.05, 3.63) is 90.8 Å². The highest BCUT2D eigenvalue weighted by Gasteiger charge is 2.13. The number of carbonyl (C=O) groups excluding carboxylic acids is 1. The normalized spacial score (nSPS) is 10.9. The Hall–Kier alpha value is -2.77. The third-order valence-electron chi connectivity index (χ3n) is 3.66. The van der Waals surface area contributed by atoms with Crippen molar-refractivity contribution in [3.8, 4) is 0 Å². The standard InChI is InChI=1S/C19H16N2O3S2/c22-19(9-8-15-4-1-5-16(12-15)21(23)24)20(13-17-6-2-10-25-17)14-18-7-3-11-26-18/h1-12H,13-14H2/b9-8+. The van der Waals surface area contributed by atoms with E-state index in [0.717, 1.165) is 9.75 Å². The molecule has 2 aromatic heterocycles. The summed E-state index contributed by atoms with van der Waals surface area (Å²) < 4.78 is 0. The molecule has 0 unspecified atom stereocenters. The summed E-state index contributed by atoms with van der Waals surface area (Å²) in [5, 5.41) is 14.8. The van der Waals surface area contributed by atoms with Crippen LogP contribution in [0, 0.1) is 10.1 Å². The van der Waals surface area contributed by atoms with Crippen molar-refractivity contribution < 1.29 is 9.72 Å². The van der Waals surface area contributed by atoms with Gasteiger partial charge in [-0.3, -0.25) is 14.9 Å². The molecular formula is C19H16N2O3S2. The topological polar surface area (TPSA) is 63.4 Å².